The molecule has 21 heavy (non-hydrogen) atoms. The van der Waals surface area contributed by atoms with Crippen molar-refractivity contribution in [1.29, 1.82) is 0 Å². The Labute approximate surface area is 136 Å². The van der Waals surface area contributed by atoms with Gasteiger partial charge in [-0.1, -0.05) is 5.10 Å². The maximum atomic E-state index is 11.4. The third-order valence-corrected chi connectivity index (χ3v) is 3.75. The van der Waals surface area contributed by atoms with Crippen LogP contribution < -0.4 is 0 Å². The van der Waals surface area contributed by atoms with Gasteiger partial charge in [0.1, 0.15) is 0 Å². The van der Waals surface area contributed by atoms with Gasteiger partial charge in [0, 0.05) is 9.64 Å². The Balaban J connectivity index is 2.23. The second-order valence-corrected chi connectivity index (χ2v) is 5.80. The van der Waals surface area contributed by atoms with E-state index in [0.29, 0.717) is 4.90 Å². The van der Waals surface area contributed by atoms with E-state index >= 15 is 0 Å². The summed E-state index contributed by atoms with van der Waals surface area (Å²) in [6.07, 6.45) is 0. The summed E-state index contributed by atoms with van der Waals surface area (Å²) in [5.41, 5.74) is -0.0669. The molecule has 0 saturated heterocycles. The molecular weight excluding hydrogens is 413 g/mol. The van der Waals surface area contributed by atoms with Crippen molar-refractivity contribution < 1.29 is 18.9 Å². The van der Waals surface area contributed by atoms with Gasteiger partial charge in [-0.2, -0.15) is 0 Å². The monoisotopic (exact) mass is 421 g/mol. The summed E-state index contributed by atoms with van der Waals surface area (Å²) in [5, 5.41) is 18.2. The lowest BCUT2D eigenvalue weighted by molar-refractivity contribution is -0.387. The molecule has 0 saturated carbocycles. The lowest BCUT2D eigenvalue weighted by atomic mass is 10.3. The molecule has 0 bridgehead atoms. The van der Waals surface area contributed by atoms with Gasteiger partial charge in [0.25, 0.3) is 10.9 Å². The first-order chi connectivity index (χ1) is 10.0. The van der Waals surface area contributed by atoms with Gasteiger partial charge < -0.3 is 9.15 Å². The van der Waals surface area contributed by atoms with Crippen LogP contribution >= 0.6 is 34.4 Å². The first-order valence-electron chi connectivity index (χ1n) is 5.63. The van der Waals surface area contributed by atoms with Crippen molar-refractivity contribution in [2.24, 2.45) is 0 Å². The highest BCUT2D eigenvalue weighted by atomic mass is 127. The number of carbonyl (C=O) groups is 1. The molecule has 0 aliphatic heterocycles. The molecule has 0 spiro atoms. The maximum Gasteiger partial charge on any atom is 0.396 e. The standard InChI is InChI=1S/C11H8IN3O5S/c1-2-19-10(16)9-13-14-11(20-9)21-8-4-3-6(12)5-7(8)15(17)18/h3-5H,2H2,1H3. The van der Waals surface area contributed by atoms with Crippen molar-refractivity contribution >= 4 is 46.0 Å². The fraction of sp³-hybridized carbons (Fsp3) is 0.182. The van der Waals surface area contributed by atoms with Gasteiger partial charge in [-0.25, -0.2) is 4.79 Å². The zero-order valence-electron chi connectivity index (χ0n) is 10.6. The van der Waals surface area contributed by atoms with E-state index in [1.54, 1.807) is 19.1 Å². The number of rotatable bonds is 5. The number of hydrogen-bond acceptors (Lipinski definition) is 8. The number of halogens is 1. The Morgan fingerprint density at radius 2 is 2.29 bits per heavy atom. The van der Waals surface area contributed by atoms with E-state index in [1.165, 1.54) is 6.07 Å². The van der Waals surface area contributed by atoms with E-state index in [-0.39, 0.29) is 23.4 Å². The molecule has 0 atom stereocenters. The summed E-state index contributed by atoms with van der Waals surface area (Å²) in [5.74, 6) is -1.01. The quantitative estimate of drug-likeness (QED) is 0.314. The first kappa shape index (κ1) is 15.7. The maximum absolute atomic E-state index is 11.4. The number of benzene rings is 1. The number of ether oxygens (including phenoxy) is 1. The Morgan fingerprint density at radius 1 is 1.52 bits per heavy atom. The molecule has 10 heteroatoms. The van der Waals surface area contributed by atoms with Gasteiger partial charge >= 0.3 is 11.9 Å². The number of nitrogens with zero attached hydrogens (tertiary/aromatic N) is 3. The summed E-state index contributed by atoms with van der Waals surface area (Å²) in [4.78, 5) is 22.3. The van der Waals surface area contributed by atoms with Crippen LogP contribution in [0.4, 0.5) is 5.69 Å². The van der Waals surface area contributed by atoms with Crippen molar-refractivity contribution in [2.45, 2.75) is 17.0 Å². The van der Waals surface area contributed by atoms with E-state index in [1.807, 2.05) is 22.6 Å². The van der Waals surface area contributed by atoms with Crippen LogP contribution in [0.5, 0.6) is 0 Å². The topological polar surface area (TPSA) is 108 Å². The molecule has 0 amide bonds. The van der Waals surface area contributed by atoms with Gasteiger partial charge in [-0.05, 0) is 53.4 Å². The van der Waals surface area contributed by atoms with Gasteiger partial charge in [0.15, 0.2) is 0 Å². The van der Waals surface area contributed by atoms with Crippen molar-refractivity contribution in [2.75, 3.05) is 6.61 Å². The van der Waals surface area contributed by atoms with E-state index in [9.17, 15) is 14.9 Å². The Bertz CT molecular complexity index is 690. The predicted molar refractivity (Wildman–Crippen MR) is 80.2 cm³/mol. The molecule has 2 aromatic rings. The third-order valence-electron chi connectivity index (χ3n) is 2.17. The van der Waals surface area contributed by atoms with E-state index < -0.39 is 10.9 Å². The van der Waals surface area contributed by atoms with E-state index in [2.05, 4.69) is 10.2 Å². The minimum Gasteiger partial charge on any atom is -0.459 e. The molecule has 2 rings (SSSR count). The highest BCUT2D eigenvalue weighted by molar-refractivity contribution is 14.1. The SMILES string of the molecule is CCOC(=O)c1nnc(Sc2ccc(I)cc2[N+](=O)[O-])o1. The normalized spacial score (nSPS) is 10.4. The predicted octanol–water partition coefficient (Wildman–Crippen LogP) is 2.91. The average Bonchev–Trinajstić information content (AvgIpc) is 2.89. The Kier molecular flexibility index (Phi) is 5.12. The molecule has 0 radical (unpaired) electrons. The minimum atomic E-state index is -0.728. The lowest BCUT2D eigenvalue weighted by Crippen LogP contribution is -2.04. The fourth-order valence-corrected chi connectivity index (χ4v) is 2.58. The van der Waals surface area contributed by atoms with Crippen molar-refractivity contribution in [3.63, 3.8) is 0 Å². The third kappa shape index (κ3) is 3.91. The summed E-state index contributed by atoms with van der Waals surface area (Å²) >= 11 is 2.90. The zero-order valence-corrected chi connectivity index (χ0v) is 13.6. The number of carbonyl (C=O) groups excluding carboxylic acids is 1. The van der Waals surface area contributed by atoms with Gasteiger partial charge in [0.2, 0.25) is 0 Å². The largest absolute Gasteiger partial charge is 0.459 e. The van der Waals surface area contributed by atoms with Crippen LogP contribution in [0.25, 0.3) is 0 Å². The molecule has 1 aromatic heterocycles. The Morgan fingerprint density at radius 3 is 2.95 bits per heavy atom. The molecule has 0 fully saturated rings. The van der Waals surface area contributed by atoms with Crippen LogP contribution in [0.2, 0.25) is 0 Å². The van der Waals surface area contributed by atoms with Crippen molar-refractivity contribution in [3.05, 3.63) is 37.8 Å². The molecule has 0 aliphatic rings. The molecule has 1 heterocycles. The smallest absolute Gasteiger partial charge is 0.396 e. The highest BCUT2D eigenvalue weighted by Gasteiger charge is 2.20. The number of hydrogen-bond donors (Lipinski definition) is 0. The molecule has 1 aromatic carbocycles. The second-order valence-electron chi connectivity index (χ2n) is 3.56. The average molecular weight is 421 g/mol. The van der Waals surface area contributed by atoms with Gasteiger partial charge in [0.05, 0.1) is 16.4 Å². The van der Waals surface area contributed by atoms with Crippen LogP contribution in [0.15, 0.2) is 32.7 Å². The zero-order chi connectivity index (χ0) is 15.4. The number of nitro benzene ring substituents is 1. The molecule has 8 nitrogen and oxygen atoms in total. The minimum absolute atomic E-state index is 0.0300. The molecular formula is C11H8IN3O5S. The number of esters is 1. The van der Waals surface area contributed by atoms with Crippen molar-refractivity contribution in [1.82, 2.24) is 10.2 Å². The lowest BCUT2D eigenvalue weighted by Gasteiger charge is -2.00. The molecule has 0 N–H and O–H groups in total. The van der Waals surface area contributed by atoms with Crippen LogP contribution in [-0.2, 0) is 4.74 Å². The Hall–Kier alpha value is -1.69. The summed E-state index contributed by atoms with van der Waals surface area (Å²) in [6, 6.07) is 4.74. The summed E-state index contributed by atoms with van der Waals surface area (Å²) in [6.45, 7) is 1.84. The van der Waals surface area contributed by atoms with E-state index in [4.69, 9.17) is 9.15 Å². The van der Waals surface area contributed by atoms with Crippen molar-refractivity contribution in [3.8, 4) is 0 Å². The molecule has 0 unspecified atom stereocenters. The molecule has 0 aliphatic carbocycles. The van der Waals surface area contributed by atoms with Gasteiger partial charge in [-0.15, -0.1) is 5.10 Å². The number of nitro groups is 1. The molecule has 110 valence electrons. The number of aromatic nitrogens is 2. The van der Waals surface area contributed by atoms with Crippen LogP contribution in [0.3, 0.4) is 0 Å². The van der Waals surface area contributed by atoms with E-state index in [0.717, 1.165) is 15.3 Å². The van der Waals surface area contributed by atoms with Gasteiger partial charge in [-0.3, -0.25) is 10.1 Å². The van der Waals surface area contributed by atoms with Crippen LogP contribution in [0, 0.1) is 13.7 Å². The highest BCUT2D eigenvalue weighted by Crippen LogP contribution is 2.34. The van der Waals surface area contributed by atoms with Crippen LogP contribution in [-0.4, -0.2) is 27.7 Å². The summed E-state index contributed by atoms with van der Waals surface area (Å²) in [7, 11) is 0. The first-order valence-corrected chi connectivity index (χ1v) is 7.53. The van der Waals surface area contributed by atoms with Crippen LogP contribution in [0.1, 0.15) is 17.6 Å². The second kappa shape index (κ2) is 6.85. The fourth-order valence-electron chi connectivity index (χ4n) is 1.34. The summed E-state index contributed by atoms with van der Waals surface area (Å²) < 4.78 is 10.6.